The highest BCUT2D eigenvalue weighted by atomic mass is 32.2. The monoisotopic (exact) mass is 146 g/mol. The van der Waals surface area contributed by atoms with Crippen LogP contribution in [0.4, 0.5) is 0 Å². The van der Waals surface area contributed by atoms with Crippen molar-refractivity contribution in [3.8, 4) is 0 Å². The predicted molar refractivity (Wildman–Crippen MR) is 36.8 cm³/mol. The summed E-state index contributed by atoms with van der Waals surface area (Å²) in [7, 11) is -2.85. The Balaban J connectivity index is 2.68. The normalized spacial score (nSPS) is 19.0. The summed E-state index contributed by atoms with van der Waals surface area (Å²) in [6.45, 7) is 0. The molecule has 0 aliphatic heterocycles. The minimum atomic E-state index is -2.85. The van der Waals surface area contributed by atoms with Crippen LogP contribution >= 0.6 is 0 Å². The van der Waals surface area contributed by atoms with E-state index >= 15 is 0 Å². The number of rotatable bonds is 1. The zero-order valence-electron chi connectivity index (χ0n) is 5.42. The van der Waals surface area contributed by atoms with Gasteiger partial charge in [0.25, 0.3) is 0 Å². The Morgan fingerprint density at radius 3 is 2.11 bits per heavy atom. The molecule has 0 radical (unpaired) electrons. The van der Waals surface area contributed by atoms with Crippen molar-refractivity contribution in [2.24, 2.45) is 0 Å². The Morgan fingerprint density at radius 1 is 1.44 bits per heavy atom. The summed E-state index contributed by atoms with van der Waals surface area (Å²) in [5.74, 6) is 0. The lowest BCUT2D eigenvalue weighted by Crippen LogP contribution is -2.00. The molecule has 2 nitrogen and oxygen atoms in total. The van der Waals surface area contributed by atoms with Crippen molar-refractivity contribution in [2.45, 2.75) is 19.3 Å². The standard InChI is InChI=1S/C6H10O2S/c1-9(7,8)5-6-3-2-4-6/h5H,2-4H2,1H3. The number of hydrogen-bond acceptors (Lipinski definition) is 2. The van der Waals surface area contributed by atoms with Crippen LogP contribution in [0.15, 0.2) is 11.0 Å². The van der Waals surface area contributed by atoms with Crippen molar-refractivity contribution in [1.82, 2.24) is 0 Å². The molecule has 1 rings (SSSR count). The van der Waals surface area contributed by atoms with E-state index in [4.69, 9.17) is 0 Å². The van der Waals surface area contributed by atoms with E-state index in [0.29, 0.717) is 0 Å². The summed E-state index contributed by atoms with van der Waals surface area (Å²) in [6.07, 6.45) is 4.35. The number of hydrogen-bond donors (Lipinski definition) is 0. The smallest absolute Gasteiger partial charge is 0.168 e. The average Bonchev–Trinajstić information content (AvgIpc) is 1.53. The van der Waals surface area contributed by atoms with E-state index in [1.807, 2.05) is 0 Å². The molecule has 0 unspecified atom stereocenters. The lowest BCUT2D eigenvalue weighted by Gasteiger charge is -2.14. The van der Waals surface area contributed by atoms with Crippen LogP contribution in [0.1, 0.15) is 19.3 Å². The fourth-order valence-corrected chi connectivity index (χ4v) is 1.64. The van der Waals surface area contributed by atoms with Gasteiger partial charge in [-0.3, -0.25) is 0 Å². The lowest BCUT2D eigenvalue weighted by molar-refractivity contribution is 0.606. The molecule has 0 saturated heterocycles. The largest absolute Gasteiger partial charge is 0.225 e. The number of allylic oxidation sites excluding steroid dienone is 1. The minimum absolute atomic E-state index is 0.979. The van der Waals surface area contributed by atoms with Gasteiger partial charge in [-0.15, -0.1) is 0 Å². The second kappa shape index (κ2) is 2.14. The Bertz CT molecular complexity index is 217. The molecule has 1 aliphatic rings. The molecular formula is C6H10O2S. The van der Waals surface area contributed by atoms with Gasteiger partial charge in [0, 0.05) is 11.7 Å². The Morgan fingerprint density at radius 2 is 2.00 bits per heavy atom. The molecule has 0 bridgehead atoms. The molecule has 1 aliphatic carbocycles. The molecule has 1 saturated carbocycles. The van der Waals surface area contributed by atoms with Crippen LogP contribution in [0.3, 0.4) is 0 Å². The summed E-state index contributed by atoms with van der Waals surface area (Å²) in [4.78, 5) is 0. The van der Waals surface area contributed by atoms with E-state index in [1.165, 1.54) is 11.7 Å². The van der Waals surface area contributed by atoms with Gasteiger partial charge in [-0.2, -0.15) is 0 Å². The molecule has 0 heterocycles. The van der Waals surface area contributed by atoms with Gasteiger partial charge in [0.1, 0.15) is 0 Å². The number of sulfone groups is 1. The van der Waals surface area contributed by atoms with Gasteiger partial charge in [0.15, 0.2) is 9.84 Å². The first-order valence-corrected chi connectivity index (χ1v) is 4.93. The lowest BCUT2D eigenvalue weighted by atomic mass is 9.95. The van der Waals surface area contributed by atoms with Crippen molar-refractivity contribution >= 4 is 9.84 Å². The molecule has 0 atom stereocenters. The molecule has 0 spiro atoms. The first-order valence-electron chi connectivity index (χ1n) is 2.97. The van der Waals surface area contributed by atoms with Gasteiger partial charge in [-0.1, -0.05) is 5.57 Å². The van der Waals surface area contributed by atoms with E-state index in [0.717, 1.165) is 24.8 Å². The van der Waals surface area contributed by atoms with Gasteiger partial charge >= 0.3 is 0 Å². The second-order valence-electron chi connectivity index (χ2n) is 2.46. The van der Waals surface area contributed by atoms with Crippen molar-refractivity contribution in [2.75, 3.05) is 6.26 Å². The quantitative estimate of drug-likeness (QED) is 0.555. The van der Waals surface area contributed by atoms with Gasteiger partial charge < -0.3 is 0 Å². The summed E-state index contributed by atoms with van der Waals surface area (Å²) >= 11 is 0. The van der Waals surface area contributed by atoms with Crippen LogP contribution in [-0.4, -0.2) is 14.7 Å². The van der Waals surface area contributed by atoms with Crippen molar-refractivity contribution in [3.05, 3.63) is 11.0 Å². The second-order valence-corrected chi connectivity index (χ2v) is 4.35. The van der Waals surface area contributed by atoms with E-state index < -0.39 is 9.84 Å². The SMILES string of the molecule is CS(=O)(=O)C=C1CCC1. The van der Waals surface area contributed by atoms with Gasteiger partial charge in [-0.05, 0) is 19.3 Å². The van der Waals surface area contributed by atoms with Crippen LogP contribution in [0.25, 0.3) is 0 Å². The fraction of sp³-hybridized carbons (Fsp3) is 0.667. The maximum absolute atomic E-state index is 10.6. The first kappa shape index (κ1) is 6.81. The van der Waals surface area contributed by atoms with Crippen LogP contribution in [0.5, 0.6) is 0 Å². The molecule has 1 fully saturated rings. The molecule has 52 valence electrons. The summed E-state index contributed by atoms with van der Waals surface area (Å²) < 4.78 is 21.1. The predicted octanol–water partition coefficient (Wildman–Crippen LogP) is 1.10. The average molecular weight is 146 g/mol. The van der Waals surface area contributed by atoms with Crippen LogP contribution < -0.4 is 0 Å². The Labute approximate surface area is 55.5 Å². The maximum atomic E-state index is 10.6. The molecule has 0 aromatic carbocycles. The highest BCUT2D eigenvalue weighted by Crippen LogP contribution is 2.25. The summed E-state index contributed by atoms with van der Waals surface area (Å²) in [6, 6.07) is 0. The molecule has 0 amide bonds. The van der Waals surface area contributed by atoms with Crippen LogP contribution in [0, 0.1) is 0 Å². The fourth-order valence-electron chi connectivity index (χ4n) is 0.802. The molecule has 0 N–H and O–H groups in total. The van der Waals surface area contributed by atoms with Crippen LogP contribution in [-0.2, 0) is 9.84 Å². The minimum Gasteiger partial charge on any atom is -0.225 e. The molecule has 0 aromatic rings. The molecule has 9 heavy (non-hydrogen) atoms. The van der Waals surface area contributed by atoms with E-state index in [2.05, 4.69) is 0 Å². The third-order valence-electron chi connectivity index (χ3n) is 1.38. The Kier molecular flexibility index (Phi) is 1.62. The third-order valence-corrected chi connectivity index (χ3v) is 2.14. The highest BCUT2D eigenvalue weighted by Gasteiger charge is 2.10. The first-order chi connectivity index (χ1) is 4.08. The highest BCUT2D eigenvalue weighted by molar-refractivity contribution is 7.93. The van der Waals surface area contributed by atoms with E-state index in [9.17, 15) is 8.42 Å². The van der Waals surface area contributed by atoms with E-state index in [-0.39, 0.29) is 0 Å². The Hall–Kier alpha value is -0.310. The summed E-state index contributed by atoms with van der Waals surface area (Å²) in [5, 5.41) is 1.39. The molecule has 0 aromatic heterocycles. The maximum Gasteiger partial charge on any atom is 0.168 e. The van der Waals surface area contributed by atoms with Gasteiger partial charge in [-0.25, -0.2) is 8.42 Å². The molecule has 3 heteroatoms. The van der Waals surface area contributed by atoms with Gasteiger partial charge in [0.2, 0.25) is 0 Å². The van der Waals surface area contributed by atoms with Crippen molar-refractivity contribution in [1.29, 1.82) is 0 Å². The third kappa shape index (κ3) is 2.18. The van der Waals surface area contributed by atoms with Crippen molar-refractivity contribution < 1.29 is 8.42 Å². The van der Waals surface area contributed by atoms with Gasteiger partial charge in [0.05, 0.1) is 0 Å². The topological polar surface area (TPSA) is 34.1 Å². The molecular weight excluding hydrogens is 136 g/mol. The zero-order valence-corrected chi connectivity index (χ0v) is 6.24. The zero-order chi connectivity index (χ0) is 6.91. The van der Waals surface area contributed by atoms with Crippen LogP contribution in [0.2, 0.25) is 0 Å². The summed E-state index contributed by atoms with van der Waals surface area (Å²) in [5.41, 5.74) is 1.08. The van der Waals surface area contributed by atoms with E-state index in [1.54, 1.807) is 0 Å². The van der Waals surface area contributed by atoms with Crippen molar-refractivity contribution in [3.63, 3.8) is 0 Å².